The van der Waals surface area contributed by atoms with Gasteiger partial charge in [0.1, 0.15) is 0 Å². The number of para-hydroxylation sites is 1. The van der Waals surface area contributed by atoms with Crippen LogP contribution in [0, 0.1) is 13.8 Å². The first-order valence-corrected chi connectivity index (χ1v) is 7.54. The van der Waals surface area contributed by atoms with Crippen LogP contribution < -0.4 is 5.73 Å². The summed E-state index contributed by atoms with van der Waals surface area (Å²) in [4.78, 5) is 4.20. The van der Waals surface area contributed by atoms with Crippen LogP contribution in [-0.2, 0) is 15.6 Å². The quantitative estimate of drug-likeness (QED) is 0.873. The van der Waals surface area contributed by atoms with Crippen LogP contribution in [0.4, 0.5) is 5.69 Å². The molecule has 0 saturated heterocycles. The number of anilines is 1. The SMILES string of the molecule is Cc1cncc(CS(=O)(=O)c2cccc(C)c2N)c1. The number of hydrogen-bond acceptors (Lipinski definition) is 4. The average Bonchev–Trinajstić information content (AvgIpc) is 2.32. The Balaban J connectivity index is 2.41. The molecule has 0 bridgehead atoms. The number of rotatable bonds is 3. The maximum atomic E-state index is 12.4. The van der Waals surface area contributed by atoms with E-state index in [0.29, 0.717) is 11.3 Å². The summed E-state index contributed by atoms with van der Waals surface area (Å²) in [7, 11) is -3.45. The Bertz CT molecular complexity index is 709. The van der Waals surface area contributed by atoms with Crippen LogP contribution in [-0.4, -0.2) is 13.4 Å². The van der Waals surface area contributed by atoms with Crippen molar-refractivity contribution in [1.82, 2.24) is 4.98 Å². The van der Waals surface area contributed by atoms with E-state index in [1.165, 1.54) is 0 Å². The molecule has 19 heavy (non-hydrogen) atoms. The summed E-state index contributed by atoms with van der Waals surface area (Å²) < 4.78 is 24.8. The van der Waals surface area contributed by atoms with Gasteiger partial charge in [-0.15, -0.1) is 0 Å². The van der Waals surface area contributed by atoms with E-state index in [4.69, 9.17) is 5.73 Å². The molecule has 0 saturated carbocycles. The molecule has 0 atom stereocenters. The van der Waals surface area contributed by atoms with E-state index in [2.05, 4.69) is 4.98 Å². The minimum Gasteiger partial charge on any atom is -0.397 e. The third kappa shape index (κ3) is 2.93. The normalized spacial score (nSPS) is 11.5. The standard InChI is InChI=1S/C14H16N2O2S/c1-10-6-12(8-16-7-10)9-19(17,18)13-5-3-4-11(2)14(13)15/h3-8H,9,15H2,1-2H3. The second kappa shape index (κ2) is 5.01. The van der Waals surface area contributed by atoms with E-state index in [1.807, 2.05) is 13.0 Å². The summed E-state index contributed by atoms with van der Waals surface area (Å²) in [6, 6.07) is 6.85. The Kier molecular flexibility index (Phi) is 3.57. The fraction of sp³-hybridized carbons (Fsp3) is 0.214. The fourth-order valence-corrected chi connectivity index (χ4v) is 3.45. The van der Waals surface area contributed by atoms with Crippen molar-refractivity contribution in [2.45, 2.75) is 24.5 Å². The van der Waals surface area contributed by atoms with Crippen molar-refractivity contribution in [1.29, 1.82) is 0 Å². The maximum Gasteiger partial charge on any atom is 0.184 e. The summed E-state index contributed by atoms with van der Waals surface area (Å²) >= 11 is 0. The third-order valence-electron chi connectivity index (χ3n) is 2.91. The Hall–Kier alpha value is -1.88. The molecule has 0 amide bonds. The lowest BCUT2D eigenvalue weighted by Crippen LogP contribution is -2.09. The lowest BCUT2D eigenvalue weighted by molar-refractivity contribution is 0.595. The maximum absolute atomic E-state index is 12.4. The summed E-state index contributed by atoms with van der Waals surface area (Å²) in [6.07, 6.45) is 3.26. The first kappa shape index (κ1) is 13.5. The Labute approximate surface area is 113 Å². The Morgan fingerprint density at radius 2 is 1.95 bits per heavy atom. The molecule has 0 aliphatic carbocycles. The Morgan fingerprint density at radius 1 is 1.21 bits per heavy atom. The van der Waals surface area contributed by atoms with Crippen LogP contribution in [0.5, 0.6) is 0 Å². The highest BCUT2D eigenvalue weighted by atomic mass is 32.2. The highest BCUT2D eigenvalue weighted by molar-refractivity contribution is 7.90. The molecule has 0 radical (unpaired) electrons. The van der Waals surface area contributed by atoms with Gasteiger partial charge in [0.15, 0.2) is 9.84 Å². The molecule has 2 aromatic rings. The lowest BCUT2D eigenvalue weighted by atomic mass is 10.2. The van der Waals surface area contributed by atoms with Crippen LogP contribution >= 0.6 is 0 Å². The number of pyridine rings is 1. The van der Waals surface area contributed by atoms with Crippen LogP contribution in [0.15, 0.2) is 41.6 Å². The fourth-order valence-electron chi connectivity index (χ4n) is 1.92. The van der Waals surface area contributed by atoms with Crippen molar-refractivity contribution in [3.05, 3.63) is 53.3 Å². The minimum atomic E-state index is -3.45. The molecule has 1 aromatic carbocycles. The molecule has 1 heterocycles. The van der Waals surface area contributed by atoms with Crippen molar-refractivity contribution in [3.63, 3.8) is 0 Å². The molecular formula is C14H16N2O2S. The number of nitrogens with zero attached hydrogens (tertiary/aromatic N) is 1. The highest BCUT2D eigenvalue weighted by Gasteiger charge is 2.19. The molecule has 4 nitrogen and oxygen atoms in total. The van der Waals surface area contributed by atoms with Crippen molar-refractivity contribution in [3.8, 4) is 0 Å². The molecule has 5 heteroatoms. The van der Waals surface area contributed by atoms with Gasteiger partial charge in [-0.05, 0) is 36.6 Å². The van der Waals surface area contributed by atoms with Crippen LogP contribution in [0.3, 0.4) is 0 Å². The monoisotopic (exact) mass is 276 g/mol. The van der Waals surface area contributed by atoms with E-state index >= 15 is 0 Å². The zero-order valence-electron chi connectivity index (χ0n) is 10.9. The largest absolute Gasteiger partial charge is 0.397 e. The minimum absolute atomic E-state index is 0.0880. The second-order valence-corrected chi connectivity index (χ2v) is 6.57. The molecule has 100 valence electrons. The molecule has 1 aromatic heterocycles. The number of nitrogens with two attached hydrogens (primary N) is 1. The highest BCUT2D eigenvalue weighted by Crippen LogP contribution is 2.25. The number of nitrogen functional groups attached to an aromatic ring is 1. The van der Waals surface area contributed by atoms with Crippen molar-refractivity contribution >= 4 is 15.5 Å². The van der Waals surface area contributed by atoms with Gasteiger partial charge in [-0.1, -0.05) is 18.2 Å². The predicted octanol–water partition coefficient (Wildman–Crippen LogP) is 2.25. The predicted molar refractivity (Wildman–Crippen MR) is 75.5 cm³/mol. The molecule has 0 aliphatic rings. The molecular weight excluding hydrogens is 260 g/mol. The number of benzene rings is 1. The van der Waals surface area contributed by atoms with Crippen molar-refractivity contribution in [2.75, 3.05) is 5.73 Å². The summed E-state index contributed by atoms with van der Waals surface area (Å²) in [5.41, 5.74) is 8.55. The second-order valence-electron chi connectivity index (χ2n) is 4.62. The van der Waals surface area contributed by atoms with Gasteiger partial charge in [0.2, 0.25) is 0 Å². The van der Waals surface area contributed by atoms with Gasteiger partial charge in [-0.2, -0.15) is 0 Å². The number of aromatic nitrogens is 1. The van der Waals surface area contributed by atoms with Crippen LogP contribution in [0.1, 0.15) is 16.7 Å². The summed E-state index contributed by atoms with van der Waals surface area (Å²) in [6.45, 7) is 3.67. The van der Waals surface area contributed by atoms with E-state index in [0.717, 1.165) is 11.1 Å². The van der Waals surface area contributed by atoms with Crippen LogP contribution in [0.2, 0.25) is 0 Å². The third-order valence-corrected chi connectivity index (χ3v) is 4.65. The van der Waals surface area contributed by atoms with Gasteiger partial charge < -0.3 is 5.73 Å². The van der Waals surface area contributed by atoms with Crippen LogP contribution in [0.25, 0.3) is 0 Å². The first-order chi connectivity index (χ1) is 8.90. The summed E-state index contributed by atoms with van der Waals surface area (Å²) in [5, 5.41) is 0. The van der Waals surface area contributed by atoms with Gasteiger partial charge in [0, 0.05) is 12.4 Å². The molecule has 0 aliphatic heterocycles. The van der Waals surface area contributed by atoms with E-state index in [-0.39, 0.29) is 10.6 Å². The number of hydrogen-bond donors (Lipinski definition) is 1. The topological polar surface area (TPSA) is 73.0 Å². The number of aryl methyl sites for hydroxylation is 2. The zero-order valence-corrected chi connectivity index (χ0v) is 11.7. The molecule has 0 unspecified atom stereocenters. The van der Waals surface area contributed by atoms with Gasteiger partial charge >= 0.3 is 0 Å². The molecule has 2 rings (SSSR count). The average molecular weight is 276 g/mol. The Morgan fingerprint density at radius 3 is 2.63 bits per heavy atom. The zero-order chi connectivity index (χ0) is 14.0. The van der Waals surface area contributed by atoms with E-state index in [9.17, 15) is 8.42 Å². The lowest BCUT2D eigenvalue weighted by Gasteiger charge is -2.09. The van der Waals surface area contributed by atoms with Gasteiger partial charge in [0.05, 0.1) is 16.3 Å². The summed E-state index contributed by atoms with van der Waals surface area (Å²) in [5.74, 6) is -0.0880. The van der Waals surface area contributed by atoms with E-state index < -0.39 is 9.84 Å². The molecule has 2 N–H and O–H groups in total. The van der Waals surface area contributed by atoms with E-state index in [1.54, 1.807) is 37.5 Å². The van der Waals surface area contributed by atoms with Gasteiger partial charge in [-0.3, -0.25) is 4.98 Å². The van der Waals surface area contributed by atoms with Crippen molar-refractivity contribution in [2.24, 2.45) is 0 Å². The molecule has 0 fully saturated rings. The molecule has 0 spiro atoms. The smallest absolute Gasteiger partial charge is 0.184 e. The first-order valence-electron chi connectivity index (χ1n) is 5.88. The van der Waals surface area contributed by atoms with Gasteiger partial charge in [0.25, 0.3) is 0 Å². The van der Waals surface area contributed by atoms with Crippen molar-refractivity contribution < 1.29 is 8.42 Å². The number of sulfone groups is 1. The van der Waals surface area contributed by atoms with Gasteiger partial charge in [-0.25, -0.2) is 8.42 Å².